The average molecular weight is 262 g/mol. The molecule has 0 amide bonds. The van der Waals surface area contributed by atoms with E-state index in [1.807, 2.05) is 0 Å². The van der Waals surface area contributed by atoms with Crippen LogP contribution in [0.15, 0.2) is 23.6 Å². The van der Waals surface area contributed by atoms with Crippen molar-refractivity contribution < 1.29 is 43.9 Å². The molecule has 0 atom stereocenters. The molecule has 0 nitrogen and oxygen atoms in total. The topological polar surface area (TPSA) is 0 Å². The fraction of sp³-hybridized carbons (Fsp3) is 0.333. The molecule has 10 heteroatoms. The largest absolute Gasteiger partial charge is 0.445 e. The molecule has 16 heavy (non-hydrogen) atoms. The first-order chi connectivity index (χ1) is 6.92. The van der Waals surface area contributed by atoms with Gasteiger partial charge in [-0.05, 0) is 0 Å². The first-order valence-electron chi connectivity index (χ1n) is 3.14. The highest BCUT2D eigenvalue weighted by Crippen LogP contribution is 2.42. The van der Waals surface area contributed by atoms with Gasteiger partial charge in [0.2, 0.25) is 17.5 Å². The minimum Gasteiger partial charge on any atom is -0.201 e. The summed E-state index contributed by atoms with van der Waals surface area (Å²) in [6, 6.07) is 0. The van der Waals surface area contributed by atoms with Gasteiger partial charge in [-0.25, -0.2) is 4.39 Å². The number of allylic oxidation sites excluding steroid dienone is 3. The highest BCUT2D eigenvalue weighted by molar-refractivity contribution is 5.24. The molecule has 0 bridgehead atoms. The molecule has 0 unspecified atom stereocenters. The van der Waals surface area contributed by atoms with Gasteiger partial charge in [0.1, 0.15) is 0 Å². The fourth-order valence-electron chi connectivity index (χ4n) is 0.477. The van der Waals surface area contributed by atoms with E-state index in [2.05, 4.69) is 0 Å². The monoisotopic (exact) mass is 262 g/mol. The summed E-state index contributed by atoms with van der Waals surface area (Å²) in [5.74, 6) is -17.7. The van der Waals surface area contributed by atoms with Gasteiger partial charge in [0.05, 0.1) is 0 Å². The molecule has 0 aromatic heterocycles. The lowest BCUT2D eigenvalue weighted by Gasteiger charge is -2.13. The van der Waals surface area contributed by atoms with Gasteiger partial charge in [-0.3, -0.25) is 0 Å². The Morgan fingerprint density at radius 3 is 1.19 bits per heavy atom. The highest BCUT2D eigenvalue weighted by Gasteiger charge is 2.51. The summed E-state index contributed by atoms with van der Waals surface area (Å²) in [4.78, 5) is 0. The number of halogens is 10. The third-order valence-electron chi connectivity index (χ3n) is 1.16. The smallest absolute Gasteiger partial charge is 0.201 e. The predicted molar refractivity (Wildman–Crippen MR) is 30.6 cm³/mol. The van der Waals surface area contributed by atoms with Gasteiger partial charge < -0.3 is 0 Å². The normalized spacial score (nSPS) is 14.6. The number of rotatable bonds is 2. The van der Waals surface area contributed by atoms with Crippen LogP contribution >= 0.6 is 0 Å². The molecule has 0 aromatic rings. The van der Waals surface area contributed by atoms with Gasteiger partial charge in [-0.1, -0.05) is 0 Å². The molecule has 0 aromatic carbocycles. The molecule has 0 N–H and O–H groups in total. The summed E-state index contributed by atoms with van der Waals surface area (Å²) < 4.78 is 117. The maximum Gasteiger partial charge on any atom is 0.445 e. The predicted octanol–water partition coefficient (Wildman–Crippen LogP) is 4.41. The number of hydrogen-bond acceptors (Lipinski definition) is 0. The van der Waals surface area contributed by atoms with Gasteiger partial charge in [0, 0.05) is 0 Å². The van der Waals surface area contributed by atoms with Crippen LogP contribution in [0.3, 0.4) is 0 Å². The van der Waals surface area contributed by atoms with Crippen molar-refractivity contribution in [2.45, 2.75) is 12.1 Å². The van der Waals surface area contributed by atoms with E-state index in [1.54, 1.807) is 0 Å². The van der Waals surface area contributed by atoms with E-state index in [9.17, 15) is 43.9 Å². The van der Waals surface area contributed by atoms with Gasteiger partial charge >= 0.3 is 18.2 Å². The molecule has 0 aliphatic carbocycles. The second kappa shape index (κ2) is 4.34. The zero-order valence-corrected chi connectivity index (χ0v) is 6.78. The summed E-state index contributed by atoms with van der Waals surface area (Å²) in [6.07, 6.45) is -9.92. The van der Waals surface area contributed by atoms with Gasteiger partial charge in [-0.2, -0.15) is 39.5 Å². The van der Waals surface area contributed by atoms with Crippen molar-refractivity contribution in [1.29, 1.82) is 0 Å². The standard InChI is InChI=1S/C6F10/c7-1(2(8)6(14,15)16)5(12,13)3(9)4(10)11. The Kier molecular flexibility index (Phi) is 4.01. The molecule has 94 valence electrons. The second-order valence-electron chi connectivity index (χ2n) is 2.27. The van der Waals surface area contributed by atoms with Crippen LogP contribution in [0.4, 0.5) is 43.9 Å². The molecule has 0 radical (unpaired) electrons. The van der Waals surface area contributed by atoms with Crippen LogP contribution < -0.4 is 0 Å². The van der Waals surface area contributed by atoms with E-state index in [0.29, 0.717) is 0 Å². The number of hydrogen-bond donors (Lipinski definition) is 0. The van der Waals surface area contributed by atoms with Crippen molar-refractivity contribution in [2.24, 2.45) is 0 Å². The van der Waals surface area contributed by atoms with E-state index >= 15 is 0 Å². The highest BCUT2D eigenvalue weighted by atomic mass is 19.4. The van der Waals surface area contributed by atoms with Gasteiger partial charge in [-0.15, -0.1) is 0 Å². The van der Waals surface area contributed by atoms with E-state index in [-0.39, 0.29) is 0 Å². The van der Waals surface area contributed by atoms with Crippen LogP contribution in [0.1, 0.15) is 0 Å². The second-order valence-corrected chi connectivity index (χ2v) is 2.27. The van der Waals surface area contributed by atoms with Gasteiger partial charge in [0.25, 0.3) is 0 Å². The Morgan fingerprint density at radius 1 is 0.562 bits per heavy atom. The zero-order valence-electron chi connectivity index (χ0n) is 6.78. The lowest BCUT2D eigenvalue weighted by molar-refractivity contribution is -0.116. The SMILES string of the molecule is FC(F)=C(F)C(F)(F)C(F)=C(F)C(F)(F)F. The molecule has 0 spiro atoms. The van der Waals surface area contributed by atoms with Crippen molar-refractivity contribution >= 4 is 0 Å². The zero-order chi connectivity index (χ0) is 13.3. The van der Waals surface area contributed by atoms with Crippen molar-refractivity contribution in [1.82, 2.24) is 0 Å². The summed E-state index contributed by atoms with van der Waals surface area (Å²) in [5.41, 5.74) is 0. The van der Waals surface area contributed by atoms with E-state index in [4.69, 9.17) is 0 Å². The summed E-state index contributed by atoms with van der Waals surface area (Å²) in [6.45, 7) is 0. The number of alkyl halides is 5. The van der Waals surface area contributed by atoms with Crippen LogP contribution in [-0.2, 0) is 0 Å². The van der Waals surface area contributed by atoms with Gasteiger partial charge in [0.15, 0.2) is 0 Å². The van der Waals surface area contributed by atoms with Crippen LogP contribution in [0.5, 0.6) is 0 Å². The quantitative estimate of drug-likeness (QED) is 0.646. The lowest BCUT2D eigenvalue weighted by Crippen LogP contribution is -2.23. The van der Waals surface area contributed by atoms with Crippen molar-refractivity contribution in [3.63, 3.8) is 0 Å². The van der Waals surface area contributed by atoms with Crippen molar-refractivity contribution in [3.05, 3.63) is 23.6 Å². The molecule has 0 saturated heterocycles. The summed E-state index contributed by atoms with van der Waals surface area (Å²) in [5, 5.41) is 0. The lowest BCUT2D eigenvalue weighted by atomic mass is 10.2. The molecule has 0 aliphatic heterocycles. The Labute approximate surface area is 80.8 Å². The third kappa shape index (κ3) is 2.89. The maximum atomic E-state index is 12.2. The Bertz CT molecular complexity index is 328. The molecular formula is C6F10. The van der Waals surface area contributed by atoms with Crippen LogP contribution in [0.2, 0.25) is 0 Å². The molecular weight excluding hydrogens is 262 g/mol. The Balaban J connectivity index is 5.61. The van der Waals surface area contributed by atoms with Crippen molar-refractivity contribution in [3.8, 4) is 0 Å². The molecule has 0 heterocycles. The maximum absolute atomic E-state index is 12.2. The van der Waals surface area contributed by atoms with Crippen molar-refractivity contribution in [2.75, 3.05) is 0 Å². The third-order valence-corrected chi connectivity index (χ3v) is 1.16. The fourth-order valence-corrected chi connectivity index (χ4v) is 0.477. The minimum absolute atomic E-state index is 3.75. The van der Waals surface area contributed by atoms with E-state index < -0.39 is 35.7 Å². The first kappa shape index (κ1) is 14.8. The van der Waals surface area contributed by atoms with Crippen LogP contribution in [0, 0.1) is 0 Å². The molecule has 0 saturated carbocycles. The average Bonchev–Trinajstić information content (AvgIpc) is 2.12. The molecule has 0 fully saturated rings. The molecule has 0 rings (SSSR count). The Hall–Kier alpha value is -1.22. The van der Waals surface area contributed by atoms with E-state index in [0.717, 1.165) is 0 Å². The van der Waals surface area contributed by atoms with E-state index in [1.165, 1.54) is 0 Å². The Morgan fingerprint density at radius 2 is 0.938 bits per heavy atom. The summed E-state index contributed by atoms with van der Waals surface area (Å²) >= 11 is 0. The first-order valence-corrected chi connectivity index (χ1v) is 3.14. The van der Waals surface area contributed by atoms with Crippen LogP contribution in [-0.4, -0.2) is 12.1 Å². The minimum atomic E-state index is -6.17. The summed E-state index contributed by atoms with van der Waals surface area (Å²) in [7, 11) is 0. The molecule has 0 aliphatic rings. The van der Waals surface area contributed by atoms with Crippen LogP contribution in [0.25, 0.3) is 0 Å².